The van der Waals surface area contributed by atoms with Crippen molar-refractivity contribution in [3.8, 4) is 0 Å². The fraction of sp³-hybridized carbons (Fsp3) is 0.286. The highest BCUT2D eigenvalue weighted by molar-refractivity contribution is 5.63. The number of hydrogen-bond acceptors (Lipinski definition) is 2. The van der Waals surface area contributed by atoms with Crippen LogP contribution in [-0.4, -0.2) is 23.8 Å². The second kappa shape index (κ2) is 1.72. The van der Waals surface area contributed by atoms with E-state index < -0.39 is 0 Å². The van der Waals surface area contributed by atoms with E-state index in [2.05, 4.69) is 22.2 Å². The molecule has 2 nitrogen and oxygen atoms in total. The van der Waals surface area contributed by atoms with Crippen LogP contribution in [0.3, 0.4) is 0 Å². The van der Waals surface area contributed by atoms with Crippen molar-refractivity contribution in [3.63, 3.8) is 0 Å². The van der Waals surface area contributed by atoms with Crippen molar-refractivity contribution < 1.29 is 0 Å². The molecule has 2 rings (SSSR count). The van der Waals surface area contributed by atoms with Gasteiger partial charge in [-0.1, -0.05) is 6.08 Å². The Labute approximate surface area is 54.2 Å². The average Bonchev–Trinajstić information content (AvgIpc) is 2.33. The van der Waals surface area contributed by atoms with Crippen LogP contribution in [0, 0.1) is 0 Å². The first kappa shape index (κ1) is 4.79. The Kier molecular flexibility index (Phi) is 0.918. The molecule has 2 heterocycles. The standard InChI is InChI=1S/C7H8N2/c1-2-5-9-6-4-8-7(9)3-1/h1-5,7H,6H2. The number of allylic oxidation sites excluding steroid dienone is 2. The Balaban J connectivity index is 2.25. The lowest BCUT2D eigenvalue weighted by molar-refractivity contribution is 0.394. The van der Waals surface area contributed by atoms with Crippen LogP contribution in [-0.2, 0) is 0 Å². The summed E-state index contributed by atoms with van der Waals surface area (Å²) >= 11 is 0. The summed E-state index contributed by atoms with van der Waals surface area (Å²) < 4.78 is 0. The van der Waals surface area contributed by atoms with Gasteiger partial charge in [0.25, 0.3) is 0 Å². The van der Waals surface area contributed by atoms with Gasteiger partial charge in [-0.2, -0.15) is 0 Å². The van der Waals surface area contributed by atoms with Gasteiger partial charge in [-0.25, -0.2) is 0 Å². The van der Waals surface area contributed by atoms with Gasteiger partial charge in [-0.15, -0.1) is 0 Å². The SMILES string of the molecule is C1=CC2N=CCN2C=C1. The highest BCUT2D eigenvalue weighted by atomic mass is 15.3. The van der Waals surface area contributed by atoms with Gasteiger partial charge in [-0.3, -0.25) is 4.99 Å². The first-order valence-electron chi connectivity index (χ1n) is 3.09. The van der Waals surface area contributed by atoms with Gasteiger partial charge < -0.3 is 4.90 Å². The van der Waals surface area contributed by atoms with Crippen LogP contribution in [0.4, 0.5) is 0 Å². The monoisotopic (exact) mass is 120 g/mol. The Morgan fingerprint density at radius 1 is 1.44 bits per heavy atom. The van der Waals surface area contributed by atoms with E-state index in [0.29, 0.717) is 6.17 Å². The normalized spacial score (nSPS) is 29.3. The summed E-state index contributed by atoms with van der Waals surface area (Å²) in [5, 5.41) is 0. The average molecular weight is 120 g/mol. The lowest BCUT2D eigenvalue weighted by Gasteiger charge is -2.19. The van der Waals surface area contributed by atoms with E-state index >= 15 is 0 Å². The summed E-state index contributed by atoms with van der Waals surface area (Å²) in [5.41, 5.74) is 0. The summed E-state index contributed by atoms with van der Waals surface area (Å²) in [7, 11) is 0. The van der Waals surface area contributed by atoms with E-state index in [-0.39, 0.29) is 0 Å². The lowest BCUT2D eigenvalue weighted by atomic mass is 10.3. The molecular weight excluding hydrogens is 112 g/mol. The Bertz CT molecular complexity index is 191. The highest BCUT2D eigenvalue weighted by Gasteiger charge is 2.14. The van der Waals surface area contributed by atoms with Crippen molar-refractivity contribution in [2.24, 2.45) is 4.99 Å². The zero-order valence-corrected chi connectivity index (χ0v) is 5.07. The zero-order chi connectivity index (χ0) is 6.10. The van der Waals surface area contributed by atoms with Crippen molar-refractivity contribution in [2.45, 2.75) is 6.17 Å². The Morgan fingerprint density at radius 2 is 2.44 bits per heavy atom. The van der Waals surface area contributed by atoms with E-state index in [9.17, 15) is 0 Å². The first-order chi connectivity index (χ1) is 4.47. The fourth-order valence-corrected chi connectivity index (χ4v) is 1.08. The minimum atomic E-state index is 0.301. The van der Waals surface area contributed by atoms with E-state index in [4.69, 9.17) is 0 Å². The molecule has 0 aromatic heterocycles. The van der Waals surface area contributed by atoms with Crippen LogP contribution in [0.25, 0.3) is 0 Å². The first-order valence-corrected chi connectivity index (χ1v) is 3.09. The molecule has 1 atom stereocenters. The molecule has 2 heteroatoms. The molecule has 0 aromatic carbocycles. The van der Waals surface area contributed by atoms with Gasteiger partial charge >= 0.3 is 0 Å². The van der Waals surface area contributed by atoms with Crippen LogP contribution in [0.5, 0.6) is 0 Å². The van der Waals surface area contributed by atoms with Gasteiger partial charge in [0.2, 0.25) is 0 Å². The molecule has 0 aliphatic carbocycles. The minimum absolute atomic E-state index is 0.301. The molecule has 0 bridgehead atoms. The predicted molar refractivity (Wildman–Crippen MR) is 37.3 cm³/mol. The van der Waals surface area contributed by atoms with Crippen molar-refractivity contribution >= 4 is 6.21 Å². The number of nitrogens with zero attached hydrogens (tertiary/aromatic N) is 2. The topological polar surface area (TPSA) is 15.6 Å². The van der Waals surface area contributed by atoms with Crippen molar-refractivity contribution in [1.29, 1.82) is 0 Å². The lowest BCUT2D eigenvalue weighted by Crippen LogP contribution is -2.24. The summed E-state index contributed by atoms with van der Waals surface area (Å²) in [6, 6.07) is 0. The van der Waals surface area contributed by atoms with E-state index in [1.807, 2.05) is 18.4 Å². The Hall–Kier alpha value is -1.05. The minimum Gasteiger partial charge on any atom is -0.348 e. The summed E-state index contributed by atoms with van der Waals surface area (Å²) in [5.74, 6) is 0. The molecule has 0 aromatic rings. The molecule has 0 spiro atoms. The second-order valence-corrected chi connectivity index (χ2v) is 2.17. The van der Waals surface area contributed by atoms with Crippen LogP contribution in [0.15, 0.2) is 29.4 Å². The number of aliphatic imine (C=N–C) groups is 1. The number of rotatable bonds is 0. The molecule has 2 aliphatic rings. The van der Waals surface area contributed by atoms with Crippen molar-refractivity contribution in [1.82, 2.24) is 4.90 Å². The number of fused-ring (bicyclic) bond motifs is 1. The molecule has 0 amide bonds. The largest absolute Gasteiger partial charge is 0.348 e. The zero-order valence-electron chi connectivity index (χ0n) is 5.07. The molecule has 0 saturated carbocycles. The van der Waals surface area contributed by atoms with Gasteiger partial charge in [0.15, 0.2) is 0 Å². The van der Waals surface area contributed by atoms with Crippen molar-refractivity contribution in [3.05, 3.63) is 24.4 Å². The van der Waals surface area contributed by atoms with Crippen LogP contribution >= 0.6 is 0 Å². The van der Waals surface area contributed by atoms with Crippen molar-refractivity contribution in [2.75, 3.05) is 6.54 Å². The third-order valence-corrected chi connectivity index (χ3v) is 1.56. The summed E-state index contributed by atoms with van der Waals surface area (Å²) in [6.45, 7) is 0.964. The van der Waals surface area contributed by atoms with Gasteiger partial charge in [0.1, 0.15) is 6.17 Å². The van der Waals surface area contributed by atoms with Crippen LogP contribution < -0.4 is 0 Å². The Morgan fingerprint density at radius 3 is 3.33 bits per heavy atom. The highest BCUT2D eigenvalue weighted by Crippen LogP contribution is 2.11. The van der Waals surface area contributed by atoms with Crippen LogP contribution in [0.1, 0.15) is 0 Å². The maximum Gasteiger partial charge on any atom is 0.139 e. The maximum atomic E-state index is 4.22. The molecule has 0 radical (unpaired) electrons. The summed E-state index contributed by atoms with van der Waals surface area (Å²) in [6.07, 6.45) is 10.5. The summed E-state index contributed by atoms with van der Waals surface area (Å²) in [4.78, 5) is 6.40. The fourth-order valence-electron chi connectivity index (χ4n) is 1.08. The molecular formula is C7H8N2. The molecule has 9 heavy (non-hydrogen) atoms. The molecule has 2 aliphatic heterocycles. The van der Waals surface area contributed by atoms with E-state index in [1.54, 1.807) is 0 Å². The number of hydrogen-bond donors (Lipinski definition) is 0. The third kappa shape index (κ3) is 0.669. The maximum absolute atomic E-state index is 4.22. The second-order valence-electron chi connectivity index (χ2n) is 2.17. The smallest absolute Gasteiger partial charge is 0.139 e. The third-order valence-electron chi connectivity index (χ3n) is 1.56. The van der Waals surface area contributed by atoms with Gasteiger partial charge in [-0.05, 0) is 12.2 Å². The van der Waals surface area contributed by atoms with E-state index in [0.717, 1.165) is 6.54 Å². The molecule has 1 unspecified atom stereocenters. The van der Waals surface area contributed by atoms with Gasteiger partial charge in [0.05, 0.1) is 6.54 Å². The predicted octanol–water partition coefficient (Wildman–Crippen LogP) is 0.782. The molecule has 0 saturated heterocycles. The van der Waals surface area contributed by atoms with Gasteiger partial charge in [0, 0.05) is 12.4 Å². The molecule has 0 fully saturated rings. The molecule has 0 N–H and O–H groups in total. The van der Waals surface area contributed by atoms with Crippen LogP contribution in [0.2, 0.25) is 0 Å². The quantitative estimate of drug-likeness (QED) is 0.461. The molecule has 46 valence electrons. The van der Waals surface area contributed by atoms with E-state index in [1.165, 1.54) is 0 Å².